The van der Waals surface area contributed by atoms with Crippen LogP contribution in [0.2, 0.25) is 0 Å². The van der Waals surface area contributed by atoms with Crippen molar-refractivity contribution < 1.29 is 14.3 Å². The van der Waals surface area contributed by atoms with Crippen molar-refractivity contribution in [3.05, 3.63) is 89.5 Å². The molecule has 1 N–H and O–H groups in total. The minimum atomic E-state index is -0.325. The van der Waals surface area contributed by atoms with E-state index < -0.39 is 0 Å². The largest absolute Gasteiger partial charge is 0.482 e. The molecular formula is C22H16N2O3. The van der Waals surface area contributed by atoms with Crippen molar-refractivity contribution in [2.24, 2.45) is 0 Å². The Morgan fingerprint density at radius 1 is 0.963 bits per heavy atom. The van der Waals surface area contributed by atoms with Crippen molar-refractivity contribution in [2.45, 2.75) is 6.04 Å². The molecule has 0 aromatic heterocycles. The fourth-order valence-corrected chi connectivity index (χ4v) is 3.10. The third kappa shape index (κ3) is 3.33. The Kier molecular flexibility index (Phi) is 4.46. The van der Waals surface area contributed by atoms with Crippen LogP contribution in [0.5, 0.6) is 17.2 Å². The van der Waals surface area contributed by atoms with Crippen molar-refractivity contribution in [1.29, 1.82) is 5.26 Å². The topological polar surface area (TPSA) is 71.3 Å². The molecule has 1 aliphatic rings. The van der Waals surface area contributed by atoms with Gasteiger partial charge in [0.2, 0.25) is 0 Å². The van der Waals surface area contributed by atoms with Crippen molar-refractivity contribution in [1.82, 2.24) is 5.32 Å². The van der Waals surface area contributed by atoms with Crippen LogP contribution in [-0.2, 0) is 4.79 Å². The van der Waals surface area contributed by atoms with E-state index in [9.17, 15) is 4.79 Å². The SMILES string of the molecule is N#Cc1ccccc1OCC(=O)NC1c2ccccc2Oc2ccccc21. The summed E-state index contributed by atoms with van der Waals surface area (Å²) in [6.45, 7) is -0.180. The van der Waals surface area contributed by atoms with Gasteiger partial charge in [-0.15, -0.1) is 0 Å². The Morgan fingerprint density at radius 2 is 1.56 bits per heavy atom. The molecule has 0 saturated heterocycles. The number of benzene rings is 3. The Balaban J connectivity index is 1.54. The second-order valence-corrected chi connectivity index (χ2v) is 6.07. The van der Waals surface area contributed by atoms with E-state index in [0.717, 1.165) is 22.6 Å². The summed E-state index contributed by atoms with van der Waals surface area (Å²) in [5, 5.41) is 12.1. The summed E-state index contributed by atoms with van der Waals surface area (Å²) in [6, 6.07) is 23.8. The van der Waals surface area contributed by atoms with Gasteiger partial charge in [-0.25, -0.2) is 0 Å². The van der Waals surface area contributed by atoms with Gasteiger partial charge in [-0.05, 0) is 24.3 Å². The minimum absolute atomic E-state index is 0.180. The first-order chi connectivity index (χ1) is 13.3. The van der Waals surface area contributed by atoms with Gasteiger partial charge in [0.15, 0.2) is 6.61 Å². The lowest BCUT2D eigenvalue weighted by atomic mass is 9.94. The zero-order valence-electron chi connectivity index (χ0n) is 14.4. The Labute approximate surface area is 156 Å². The third-order valence-electron chi connectivity index (χ3n) is 4.35. The molecule has 5 nitrogen and oxygen atoms in total. The molecule has 0 spiro atoms. The highest BCUT2D eigenvalue weighted by Gasteiger charge is 2.28. The molecule has 1 aliphatic heterocycles. The van der Waals surface area contributed by atoms with E-state index in [1.54, 1.807) is 24.3 Å². The standard InChI is InChI=1S/C22H16N2O3/c23-13-15-7-1-4-10-18(15)26-14-21(25)24-22-16-8-2-5-11-19(16)27-20-12-6-3-9-17(20)22/h1-12,22H,14H2,(H,24,25). The average Bonchev–Trinajstić information content (AvgIpc) is 2.72. The van der Waals surface area contributed by atoms with Crippen LogP contribution < -0.4 is 14.8 Å². The summed E-state index contributed by atoms with van der Waals surface area (Å²) in [5.41, 5.74) is 2.18. The molecule has 5 heteroatoms. The summed E-state index contributed by atoms with van der Waals surface area (Å²) in [7, 11) is 0. The van der Waals surface area contributed by atoms with Crippen LogP contribution >= 0.6 is 0 Å². The lowest BCUT2D eigenvalue weighted by Gasteiger charge is -2.28. The maximum Gasteiger partial charge on any atom is 0.258 e. The molecule has 4 rings (SSSR count). The monoisotopic (exact) mass is 356 g/mol. The van der Waals surface area contributed by atoms with Gasteiger partial charge in [-0.1, -0.05) is 48.5 Å². The van der Waals surface area contributed by atoms with E-state index >= 15 is 0 Å². The summed E-state index contributed by atoms with van der Waals surface area (Å²) in [6.07, 6.45) is 0. The number of nitrogens with zero attached hydrogens (tertiary/aromatic N) is 1. The average molecular weight is 356 g/mol. The van der Waals surface area contributed by atoms with Crippen molar-refractivity contribution in [3.8, 4) is 23.3 Å². The second-order valence-electron chi connectivity index (χ2n) is 6.07. The molecule has 0 saturated carbocycles. The van der Waals surface area contributed by atoms with Crippen LogP contribution in [0.4, 0.5) is 0 Å². The van der Waals surface area contributed by atoms with Crippen LogP contribution in [0, 0.1) is 11.3 Å². The number of carbonyl (C=O) groups excluding carboxylic acids is 1. The predicted octanol–water partition coefficient (Wildman–Crippen LogP) is 3.95. The minimum Gasteiger partial charge on any atom is -0.482 e. The fourth-order valence-electron chi connectivity index (χ4n) is 3.10. The molecule has 0 aliphatic carbocycles. The zero-order chi connectivity index (χ0) is 18.6. The first-order valence-electron chi connectivity index (χ1n) is 8.53. The molecule has 0 atom stereocenters. The maximum absolute atomic E-state index is 12.5. The molecule has 0 bridgehead atoms. The van der Waals surface area contributed by atoms with E-state index in [0.29, 0.717) is 11.3 Å². The molecule has 0 radical (unpaired) electrons. The summed E-state index contributed by atoms with van der Waals surface area (Å²) in [5.74, 6) is 1.55. The first-order valence-corrected chi connectivity index (χ1v) is 8.53. The number of amides is 1. The maximum atomic E-state index is 12.5. The van der Waals surface area contributed by atoms with Gasteiger partial charge in [0, 0.05) is 11.1 Å². The number of hydrogen-bond donors (Lipinski definition) is 1. The fraction of sp³-hybridized carbons (Fsp3) is 0.0909. The third-order valence-corrected chi connectivity index (χ3v) is 4.35. The predicted molar refractivity (Wildman–Crippen MR) is 99.6 cm³/mol. The van der Waals surface area contributed by atoms with Crippen molar-refractivity contribution in [2.75, 3.05) is 6.61 Å². The van der Waals surface area contributed by atoms with Crippen LogP contribution in [0.25, 0.3) is 0 Å². The summed E-state index contributed by atoms with van der Waals surface area (Å²) < 4.78 is 11.5. The summed E-state index contributed by atoms with van der Waals surface area (Å²) >= 11 is 0. The van der Waals surface area contributed by atoms with Crippen LogP contribution in [0.3, 0.4) is 0 Å². The number of hydrogen-bond acceptors (Lipinski definition) is 4. The van der Waals surface area contributed by atoms with Gasteiger partial charge in [-0.2, -0.15) is 5.26 Å². The van der Waals surface area contributed by atoms with Crippen LogP contribution in [0.1, 0.15) is 22.7 Å². The van der Waals surface area contributed by atoms with E-state index in [2.05, 4.69) is 11.4 Å². The van der Waals surface area contributed by atoms with Crippen LogP contribution in [-0.4, -0.2) is 12.5 Å². The molecular weight excluding hydrogens is 340 g/mol. The van der Waals surface area contributed by atoms with E-state index in [4.69, 9.17) is 14.7 Å². The Bertz CT molecular complexity index is 994. The molecule has 0 fully saturated rings. The van der Waals surface area contributed by atoms with Gasteiger partial charge in [0.1, 0.15) is 23.3 Å². The molecule has 27 heavy (non-hydrogen) atoms. The number of nitriles is 1. The number of fused-ring (bicyclic) bond motifs is 2. The Morgan fingerprint density at radius 3 is 2.22 bits per heavy atom. The number of nitrogens with one attached hydrogen (secondary N) is 1. The normalized spacial score (nSPS) is 12.1. The highest BCUT2D eigenvalue weighted by atomic mass is 16.5. The number of para-hydroxylation sites is 3. The molecule has 0 unspecified atom stereocenters. The number of ether oxygens (including phenoxy) is 2. The van der Waals surface area contributed by atoms with Gasteiger partial charge < -0.3 is 14.8 Å². The molecule has 1 heterocycles. The van der Waals surface area contributed by atoms with Gasteiger partial charge in [-0.3, -0.25) is 4.79 Å². The van der Waals surface area contributed by atoms with Gasteiger partial charge in [0.05, 0.1) is 11.6 Å². The molecule has 132 valence electrons. The van der Waals surface area contributed by atoms with E-state index in [-0.39, 0.29) is 18.6 Å². The molecule has 3 aromatic rings. The van der Waals surface area contributed by atoms with E-state index in [1.165, 1.54) is 0 Å². The molecule has 1 amide bonds. The smallest absolute Gasteiger partial charge is 0.258 e. The second kappa shape index (κ2) is 7.22. The number of carbonyl (C=O) groups is 1. The van der Waals surface area contributed by atoms with Crippen molar-refractivity contribution >= 4 is 5.91 Å². The quantitative estimate of drug-likeness (QED) is 0.768. The number of rotatable bonds is 4. The van der Waals surface area contributed by atoms with Gasteiger partial charge in [0.25, 0.3) is 5.91 Å². The first kappa shape index (κ1) is 16.7. The van der Waals surface area contributed by atoms with E-state index in [1.807, 2.05) is 48.5 Å². The summed E-state index contributed by atoms with van der Waals surface area (Å²) in [4.78, 5) is 12.5. The zero-order valence-corrected chi connectivity index (χ0v) is 14.4. The highest BCUT2D eigenvalue weighted by molar-refractivity contribution is 5.79. The lowest BCUT2D eigenvalue weighted by Crippen LogP contribution is -2.34. The lowest BCUT2D eigenvalue weighted by molar-refractivity contribution is -0.123. The Hall–Kier alpha value is -3.78. The highest BCUT2D eigenvalue weighted by Crippen LogP contribution is 2.42. The van der Waals surface area contributed by atoms with Gasteiger partial charge >= 0.3 is 0 Å². The van der Waals surface area contributed by atoms with Crippen molar-refractivity contribution in [3.63, 3.8) is 0 Å². The van der Waals surface area contributed by atoms with Crippen LogP contribution in [0.15, 0.2) is 72.8 Å². The molecule has 3 aromatic carbocycles.